The van der Waals surface area contributed by atoms with Crippen molar-refractivity contribution >= 4 is 17.3 Å². The summed E-state index contributed by atoms with van der Waals surface area (Å²) in [5.41, 5.74) is 13.0. The molecular formula is C14H24N4O. The Morgan fingerprint density at radius 2 is 2.00 bits per heavy atom. The second-order valence-corrected chi connectivity index (χ2v) is 5.92. The van der Waals surface area contributed by atoms with Gasteiger partial charge in [-0.3, -0.25) is 4.79 Å². The van der Waals surface area contributed by atoms with Gasteiger partial charge in [-0.1, -0.05) is 13.8 Å². The largest absolute Gasteiger partial charge is 0.397 e. The first kappa shape index (κ1) is 15.3. The molecule has 1 rings (SSSR count). The second-order valence-electron chi connectivity index (χ2n) is 5.92. The van der Waals surface area contributed by atoms with Crippen molar-refractivity contribution in [2.24, 2.45) is 11.1 Å². The molecule has 0 aliphatic rings. The Labute approximate surface area is 115 Å². The van der Waals surface area contributed by atoms with Crippen LogP contribution < -0.4 is 16.8 Å². The van der Waals surface area contributed by atoms with E-state index in [-0.39, 0.29) is 5.41 Å². The molecule has 0 atom stereocenters. The molecule has 0 saturated carbocycles. The van der Waals surface area contributed by atoms with Crippen LogP contribution in [0.4, 0.5) is 11.4 Å². The molecule has 19 heavy (non-hydrogen) atoms. The molecule has 0 unspecified atom stereocenters. The first-order valence-electron chi connectivity index (χ1n) is 6.29. The van der Waals surface area contributed by atoms with Gasteiger partial charge in [0.15, 0.2) is 0 Å². The summed E-state index contributed by atoms with van der Waals surface area (Å²) in [6.07, 6.45) is 0. The first-order valence-corrected chi connectivity index (χ1v) is 6.29. The molecule has 0 heterocycles. The van der Waals surface area contributed by atoms with Crippen LogP contribution in [0, 0.1) is 5.41 Å². The van der Waals surface area contributed by atoms with Crippen molar-refractivity contribution in [2.45, 2.75) is 13.8 Å². The number of hydrogen-bond acceptors (Lipinski definition) is 4. The second kappa shape index (κ2) is 5.93. The lowest BCUT2D eigenvalue weighted by molar-refractivity contribution is 0.100. The van der Waals surface area contributed by atoms with Crippen molar-refractivity contribution in [3.8, 4) is 0 Å². The molecule has 1 amide bonds. The summed E-state index contributed by atoms with van der Waals surface area (Å²) in [5, 5.41) is 3.32. The first-order chi connectivity index (χ1) is 8.71. The summed E-state index contributed by atoms with van der Waals surface area (Å²) in [6.45, 7) is 6.15. The van der Waals surface area contributed by atoms with Gasteiger partial charge in [0, 0.05) is 18.7 Å². The fraction of sp³-hybridized carbons (Fsp3) is 0.500. The number of nitrogens with zero attached hydrogens (tertiary/aromatic N) is 1. The fourth-order valence-electron chi connectivity index (χ4n) is 2.12. The number of nitrogens with one attached hydrogen (secondary N) is 1. The number of primary amides is 1. The van der Waals surface area contributed by atoms with Gasteiger partial charge >= 0.3 is 0 Å². The third kappa shape index (κ3) is 4.79. The van der Waals surface area contributed by atoms with E-state index in [2.05, 4.69) is 38.2 Å². The summed E-state index contributed by atoms with van der Waals surface area (Å²) in [6, 6.07) is 5.07. The molecule has 0 bridgehead atoms. The van der Waals surface area contributed by atoms with Crippen LogP contribution in [0.5, 0.6) is 0 Å². The Kier molecular flexibility index (Phi) is 4.78. The van der Waals surface area contributed by atoms with E-state index in [4.69, 9.17) is 11.5 Å². The average Bonchev–Trinajstić information content (AvgIpc) is 2.25. The van der Waals surface area contributed by atoms with Crippen LogP contribution in [-0.4, -0.2) is 38.0 Å². The van der Waals surface area contributed by atoms with Crippen LogP contribution in [0.3, 0.4) is 0 Å². The molecule has 0 saturated heterocycles. The van der Waals surface area contributed by atoms with E-state index < -0.39 is 5.91 Å². The SMILES string of the molecule is CN(C)CC(C)(C)CNc1ccc(C(N)=O)cc1N. The molecule has 1 aromatic rings. The van der Waals surface area contributed by atoms with Crippen molar-refractivity contribution in [3.05, 3.63) is 23.8 Å². The molecule has 0 radical (unpaired) electrons. The maximum Gasteiger partial charge on any atom is 0.248 e. The Morgan fingerprint density at radius 1 is 1.37 bits per heavy atom. The lowest BCUT2D eigenvalue weighted by Crippen LogP contribution is -2.34. The zero-order valence-electron chi connectivity index (χ0n) is 12.2. The van der Waals surface area contributed by atoms with E-state index in [9.17, 15) is 4.79 Å². The third-order valence-electron chi connectivity index (χ3n) is 2.84. The van der Waals surface area contributed by atoms with Crippen LogP contribution in [0.25, 0.3) is 0 Å². The number of nitrogen functional groups attached to an aromatic ring is 1. The molecule has 0 aliphatic heterocycles. The van der Waals surface area contributed by atoms with Gasteiger partial charge in [0.2, 0.25) is 5.91 Å². The predicted molar refractivity (Wildman–Crippen MR) is 80.2 cm³/mol. The van der Waals surface area contributed by atoms with Gasteiger partial charge in [0.25, 0.3) is 0 Å². The normalized spacial score (nSPS) is 11.6. The molecular weight excluding hydrogens is 240 g/mol. The predicted octanol–water partition coefficient (Wildman–Crippen LogP) is 1.37. The molecule has 0 aliphatic carbocycles. The highest BCUT2D eigenvalue weighted by molar-refractivity contribution is 5.94. The molecule has 0 aromatic heterocycles. The van der Waals surface area contributed by atoms with E-state index in [0.717, 1.165) is 18.8 Å². The smallest absolute Gasteiger partial charge is 0.248 e. The summed E-state index contributed by atoms with van der Waals surface area (Å²) in [7, 11) is 4.11. The molecule has 0 fully saturated rings. The minimum absolute atomic E-state index is 0.123. The molecule has 0 spiro atoms. The monoisotopic (exact) mass is 264 g/mol. The van der Waals surface area contributed by atoms with E-state index >= 15 is 0 Å². The molecule has 106 valence electrons. The Hall–Kier alpha value is -1.75. The molecule has 1 aromatic carbocycles. The highest BCUT2D eigenvalue weighted by atomic mass is 16.1. The number of rotatable bonds is 6. The molecule has 5 nitrogen and oxygen atoms in total. The summed E-state index contributed by atoms with van der Waals surface area (Å²) in [4.78, 5) is 13.2. The summed E-state index contributed by atoms with van der Waals surface area (Å²) >= 11 is 0. The lowest BCUT2D eigenvalue weighted by atomic mass is 9.93. The number of anilines is 2. The number of hydrogen-bond donors (Lipinski definition) is 3. The maximum atomic E-state index is 11.0. The third-order valence-corrected chi connectivity index (χ3v) is 2.84. The zero-order valence-corrected chi connectivity index (χ0v) is 12.2. The van der Waals surface area contributed by atoms with Gasteiger partial charge in [0.05, 0.1) is 11.4 Å². The van der Waals surface area contributed by atoms with E-state index in [1.54, 1.807) is 18.2 Å². The van der Waals surface area contributed by atoms with Gasteiger partial charge < -0.3 is 21.7 Å². The van der Waals surface area contributed by atoms with Crippen molar-refractivity contribution in [2.75, 3.05) is 38.2 Å². The summed E-state index contributed by atoms with van der Waals surface area (Å²) < 4.78 is 0. The van der Waals surface area contributed by atoms with E-state index in [1.165, 1.54) is 0 Å². The Balaban J connectivity index is 2.71. The Morgan fingerprint density at radius 3 is 2.47 bits per heavy atom. The minimum Gasteiger partial charge on any atom is -0.397 e. The summed E-state index contributed by atoms with van der Waals surface area (Å²) in [5.74, 6) is -0.466. The molecule has 5 heteroatoms. The van der Waals surface area contributed by atoms with Gasteiger partial charge in [0.1, 0.15) is 0 Å². The maximum absolute atomic E-state index is 11.0. The van der Waals surface area contributed by atoms with E-state index in [0.29, 0.717) is 11.3 Å². The number of benzene rings is 1. The van der Waals surface area contributed by atoms with Crippen LogP contribution in [0.15, 0.2) is 18.2 Å². The van der Waals surface area contributed by atoms with Crippen LogP contribution >= 0.6 is 0 Å². The van der Waals surface area contributed by atoms with Crippen molar-refractivity contribution in [1.82, 2.24) is 4.90 Å². The van der Waals surface area contributed by atoms with Gasteiger partial charge in [-0.25, -0.2) is 0 Å². The van der Waals surface area contributed by atoms with Crippen LogP contribution in [0.1, 0.15) is 24.2 Å². The Bertz CT molecular complexity index is 455. The van der Waals surface area contributed by atoms with Crippen LogP contribution in [-0.2, 0) is 0 Å². The standard InChI is InChI=1S/C14H24N4O/c1-14(2,9-18(3)4)8-17-12-6-5-10(13(16)19)7-11(12)15/h5-7,17H,8-9,15H2,1-4H3,(H2,16,19). The van der Waals surface area contributed by atoms with E-state index in [1.807, 2.05) is 0 Å². The van der Waals surface area contributed by atoms with Gasteiger partial charge in [-0.2, -0.15) is 0 Å². The number of amides is 1. The van der Waals surface area contributed by atoms with Crippen molar-refractivity contribution in [3.63, 3.8) is 0 Å². The fourth-order valence-corrected chi connectivity index (χ4v) is 2.12. The lowest BCUT2D eigenvalue weighted by Gasteiger charge is -2.29. The highest BCUT2D eigenvalue weighted by Crippen LogP contribution is 2.23. The topological polar surface area (TPSA) is 84.4 Å². The number of carbonyl (C=O) groups is 1. The number of nitrogens with two attached hydrogens (primary N) is 2. The quantitative estimate of drug-likeness (QED) is 0.677. The number of carbonyl (C=O) groups excluding carboxylic acids is 1. The van der Waals surface area contributed by atoms with Crippen molar-refractivity contribution < 1.29 is 4.79 Å². The minimum atomic E-state index is -0.466. The zero-order chi connectivity index (χ0) is 14.6. The average molecular weight is 264 g/mol. The van der Waals surface area contributed by atoms with Crippen molar-refractivity contribution in [1.29, 1.82) is 0 Å². The molecule has 5 N–H and O–H groups in total. The van der Waals surface area contributed by atoms with Gasteiger partial charge in [-0.05, 0) is 37.7 Å². The van der Waals surface area contributed by atoms with Crippen LogP contribution in [0.2, 0.25) is 0 Å². The highest BCUT2D eigenvalue weighted by Gasteiger charge is 2.19. The van der Waals surface area contributed by atoms with Gasteiger partial charge in [-0.15, -0.1) is 0 Å².